The maximum absolute atomic E-state index is 12.9. The zero-order valence-electron chi connectivity index (χ0n) is 9.75. The zero-order valence-corrected chi connectivity index (χ0v) is 9.75. The summed E-state index contributed by atoms with van der Waals surface area (Å²) >= 11 is 0. The van der Waals surface area contributed by atoms with Gasteiger partial charge in [0.05, 0.1) is 6.54 Å². The predicted octanol–water partition coefficient (Wildman–Crippen LogP) is 2.66. The summed E-state index contributed by atoms with van der Waals surface area (Å²) in [5, 5.41) is 0. The van der Waals surface area contributed by atoms with Crippen LogP contribution in [0.2, 0.25) is 0 Å². The second kappa shape index (κ2) is 4.43. The summed E-state index contributed by atoms with van der Waals surface area (Å²) in [5.74, 6) is -4.26. The summed E-state index contributed by atoms with van der Waals surface area (Å²) in [4.78, 5) is 13.1. The van der Waals surface area contributed by atoms with Crippen LogP contribution in [0, 0.1) is 0 Å². The smallest absolute Gasteiger partial charge is 0.304 e. The quantitative estimate of drug-likeness (QED) is 0.808. The highest BCUT2D eigenvalue weighted by molar-refractivity contribution is 5.89. The number of ketones is 1. The number of alkyl halides is 2. The van der Waals surface area contributed by atoms with Crippen molar-refractivity contribution in [2.45, 2.75) is 25.7 Å². The summed E-state index contributed by atoms with van der Waals surface area (Å²) in [6, 6.07) is 7.66. The molecular weight excluding hydrogens is 224 g/mol. The fourth-order valence-corrected chi connectivity index (χ4v) is 2.09. The van der Waals surface area contributed by atoms with Crippen molar-refractivity contribution in [3.8, 4) is 0 Å². The number of para-hydroxylation sites is 1. The largest absolute Gasteiger partial charge is 0.364 e. The third-order valence-electron chi connectivity index (χ3n) is 3.03. The van der Waals surface area contributed by atoms with Gasteiger partial charge in [-0.15, -0.1) is 0 Å². The SMILES string of the molecule is CC(F)(F)C(=O)CN1CCCc2ccccc21. The molecule has 0 atom stereocenters. The lowest BCUT2D eigenvalue weighted by atomic mass is 10.0. The van der Waals surface area contributed by atoms with Crippen molar-refractivity contribution in [2.24, 2.45) is 0 Å². The van der Waals surface area contributed by atoms with Gasteiger partial charge in [0.15, 0.2) is 0 Å². The van der Waals surface area contributed by atoms with Crippen molar-refractivity contribution < 1.29 is 13.6 Å². The normalized spacial score (nSPS) is 15.6. The van der Waals surface area contributed by atoms with Gasteiger partial charge in [-0.25, -0.2) is 0 Å². The fourth-order valence-electron chi connectivity index (χ4n) is 2.09. The minimum Gasteiger partial charge on any atom is -0.364 e. The van der Waals surface area contributed by atoms with Gasteiger partial charge in [0, 0.05) is 19.2 Å². The molecule has 0 amide bonds. The Bertz CT molecular complexity index is 426. The van der Waals surface area contributed by atoms with Crippen LogP contribution in [0.25, 0.3) is 0 Å². The number of carbonyl (C=O) groups is 1. The molecule has 0 radical (unpaired) electrons. The van der Waals surface area contributed by atoms with Gasteiger partial charge >= 0.3 is 5.92 Å². The van der Waals surface area contributed by atoms with Crippen LogP contribution in [0.1, 0.15) is 18.9 Å². The molecule has 0 aromatic heterocycles. The van der Waals surface area contributed by atoms with E-state index in [0.717, 1.165) is 24.1 Å². The molecule has 0 saturated carbocycles. The molecule has 0 unspecified atom stereocenters. The van der Waals surface area contributed by atoms with E-state index < -0.39 is 11.7 Å². The average molecular weight is 239 g/mol. The minimum absolute atomic E-state index is 0.208. The Hall–Kier alpha value is -1.45. The molecule has 0 aliphatic carbocycles. The molecule has 1 aromatic carbocycles. The maximum atomic E-state index is 12.9. The topological polar surface area (TPSA) is 20.3 Å². The first kappa shape index (κ1) is 12.0. The molecule has 1 heterocycles. The van der Waals surface area contributed by atoms with Crippen molar-refractivity contribution >= 4 is 11.5 Å². The Labute approximate surface area is 99.2 Å². The van der Waals surface area contributed by atoms with Crippen molar-refractivity contribution in [1.82, 2.24) is 0 Å². The van der Waals surface area contributed by atoms with Crippen molar-refractivity contribution in [1.29, 1.82) is 0 Å². The Kier molecular flexibility index (Phi) is 3.13. The number of fused-ring (bicyclic) bond motifs is 1. The van der Waals surface area contributed by atoms with Crippen LogP contribution in [-0.2, 0) is 11.2 Å². The number of anilines is 1. The van der Waals surface area contributed by atoms with E-state index in [1.165, 1.54) is 0 Å². The van der Waals surface area contributed by atoms with Gasteiger partial charge in [-0.3, -0.25) is 4.79 Å². The van der Waals surface area contributed by atoms with Crippen LogP contribution in [0.5, 0.6) is 0 Å². The van der Waals surface area contributed by atoms with E-state index in [1.807, 2.05) is 24.3 Å². The Morgan fingerprint density at radius 2 is 2.12 bits per heavy atom. The van der Waals surface area contributed by atoms with Crippen LogP contribution in [0.15, 0.2) is 24.3 Å². The highest BCUT2D eigenvalue weighted by atomic mass is 19.3. The van der Waals surface area contributed by atoms with Crippen molar-refractivity contribution in [3.05, 3.63) is 29.8 Å². The molecule has 0 fully saturated rings. The molecule has 92 valence electrons. The number of halogens is 2. The first-order chi connectivity index (χ1) is 7.98. The van der Waals surface area contributed by atoms with Gasteiger partial charge in [-0.1, -0.05) is 18.2 Å². The summed E-state index contributed by atoms with van der Waals surface area (Å²) < 4.78 is 25.7. The molecule has 2 nitrogen and oxygen atoms in total. The lowest BCUT2D eigenvalue weighted by molar-refractivity contribution is -0.139. The summed E-state index contributed by atoms with van der Waals surface area (Å²) in [5.41, 5.74) is 2.04. The van der Waals surface area contributed by atoms with Crippen LogP contribution >= 0.6 is 0 Å². The van der Waals surface area contributed by atoms with Crippen molar-refractivity contribution in [3.63, 3.8) is 0 Å². The zero-order chi connectivity index (χ0) is 12.5. The third kappa shape index (κ3) is 2.62. The number of Topliss-reactive ketones (excluding diaryl/α,β-unsaturated/α-hetero) is 1. The molecule has 17 heavy (non-hydrogen) atoms. The van der Waals surface area contributed by atoms with Gasteiger partial charge in [-0.2, -0.15) is 8.78 Å². The average Bonchev–Trinajstić information content (AvgIpc) is 2.28. The minimum atomic E-state index is -3.24. The number of aryl methyl sites for hydroxylation is 1. The van der Waals surface area contributed by atoms with Gasteiger partial charge in [-0.05, 0) is 24.5 Å². The van der Waals surface area contributed by atoms with E-state index >= 15 is 0 Å². The Balaban J connectivity index is 2.17. The summed E-state index contributed by atoms with van der Waals surface area (Å²) in [6.45, 7) is 1.12. The van der Waals surface area contributed by atoms with Gasteiger partial charge in [0.2, 0.25) is 5.78 Å². The first-order valence-corrected chi connectivity index (χ1v) is 5.72. The number of hydrogen-bond acceptors (Lipinski definition) is 2. The highest BCUT2D eigenvalue weighted by Gasteiger charge is 2.33. The molecule has 0 saturated heterocycles. The van der Waals surface area contributed by atoms with Gasteiger partial charge in [0.1, 0.15) is 0 Å². The molecule has 0 spiro atoms. The van der Waals surface area contributed by atoms with Crippen LogP contribution < -0.4 is 4.90 Å². The molecule has 4 heteroatoms. The Morgan fingerprint density at radius 3 is 2.82 bits per heavy atom. The Morgan fingerprint density at radius 1 is 1.41 bits per heavy atom. The van der Waals surface area contributed by atoms with Crippen LogP contribution in [0.4, 0.5) is 14.5 Å². The lowest BCUT2D eigenvalue weighted by Gasteiger charge is -2.31. The van der Waals surface area contributed by atoms with Gasteiger partial charge < -0.3 is 4.90 Å². The third-order valence-corrected chi connectivity index (χ3v) is 3.03. The summed E-state index contributed by atoms with van der Waals surface area (Å²) in [6.07, 6.45) is 1.85. The molecule has 2 rings (SSSR count). The molecule has 1 aliphatic rings. The van der Waals surface area contributed by atoms with Crippen LogP contribution in [0.3, 0.4) is 0 Å². The number of carbonyl (C=O) groups excluding carboxylic acids is 1. The second-order valence-corrected chi connectivity index (χ2v) is 4.47. The number of rotatable bonds is 3. The van der Waals surface area contributed by atoms with E-state index in [0.29, 0.717) is 13.5 Å². The van der Waals surface area contributed by atoms with Crippen molar-refractivity contribution in [2.75, 3.05) is 18.0 Å². The molecule has 0 N–H and O–H groups in total. The van der Waals surface area contributed by atoms with E-state index in [-0.39, 0.29) is 6.54 Å². The molecule has 0 bridgehead atoms. The lowest BCUT2D eigenvalue weighted by Crippen LogP contribution is -2.40. The maximum Gasteiger partial charge on any atom is 0.304 e. The fraction of sp³-hybridized carbons (Fsp3) is 0.462. The van der Waals surface area contributed by atoms with E-state index in [2.05, 4.69) is 0 Å². The van der Waals surface area contributed by atoms with E-state index in [1.54, 1.807) is 4.90 Å². The highest BCUT2D eigenvalue weighted by Crippen LogP contribution is 2.27. The van der Waals surface area contributed by atoms with Gasteiger partial charge in [0.25, 0.3) is 0 Å². The number of benzene rings is 1. The summed E-state index contributed by atoms with van der Waals surface area (Å²) in [7, 11) is 0. The van der Waals surface area contributed by atoms with Crippen LogP contribution in [-0.4, -0.2) is 24.8 Å². The first-order valence-electron chi connectivity index (χ1n) is 5.72. The molecular formula is C13H15F2NO. The second-order valence-electron chi connectivity index (χ2n) is 4.47. The van der Waals surface area contributed by atoms with E-state index in [4.69, 9.17) is 0 Å². The van der Waals surface area contributed by atoms with E-state index in [9.17, 15) is 13.6 Å². The predicted molar refractivity (Wildman–Crippen MR) is 62.6 cm³/mol. The standard InChI is InChI=1S/C13H15F2NO/c1-13(14,15)12(17)9-16-8-4-6-10-5-2-3-7-11(10)16/h2-3,5,7H,4,6,8-9H2,1H3. The number of nitrogens with zero attached hydrogens (tertiary/aromatic N) is 1. The number of hydrogen-bond donors (Lipinski definition) is 0. The molecule has 1 aromatic rings. The monoisotopic (exact) mass is 239 g/mol. The molecule has 1 aliphatic heterocycles.